The number of nitrogens with zero attached hydrogens (tertiary/aromatic N) is 1. The summed E-state index contributed by atoms with van der Waals surface area (Å²) in [6.45, 7) is 2.65. The van der Waals surface area contributed by atoms with Crippen LogP contribution in [0.25, 0.3) is 6.08 Å². The largest absolute Gasteiger partial charge is 0.353 e. The van der Waals surface area contributed by atoms with Crippen molar-refractivity contribution in [3.05, 3.63) is 81.4 Å². The maximum absolute atomic E-state index is 11.8. The molecule has 0 aromatic heterocycles. The third kappa shape index (κ3) is 5.68. The first kappa shape index (κ1) is 17.4. The first-order chi connectivity index (χ1) is 11.5. The average Bonchev–Trinajstić information content (AvgIpc) is 2.57. The lowest BCUT2D eigenvalue weighted by atomic mass is 10.1. The van der Waals surface area contributed by atoms with E-state index in [1.165, 1.54) is 29.3 Å². The molecule has 0 fully saturated rings. The van der Waals surface area contributed by atoms with Crippen LogP contribution >= 0.6 is 0 Å². The number of non-ortho nitro benzene ring substituents is 1. The predicted octanol–water partition coefficient (Wildman–Crippen LogP) is 3.67. The quantitative estimate of drug-likeness (QED) is 0.365. The van der Waals surface area contributed by atoms with Crippen molar-refractivity contribution in [1.82, 2.24) is 5.32 Å². The highest BCUT2D eigenvalue weighted by atomic mass is 16.6. The first-order valence-electron chi connectivity index (χ1n) is 7.80. The van der Waals surface area contributed by atoms with Crippen LogP contribution in [0.2, 0.25) is 0 Å². The van der Waals surface area contributed by atoms with Gasteiger partial charge in [-0.2, -0.15) is 0 Å². The average molecular weight is 324 g/mol. The topological polar surface area (TPSA) is 72.2 Å². The number of nitro groups is 1. The summed E-state index contributed by atoms with van der Waals surface area (Å²) in [6.07, 6.45) is 4.74. The summed E-state index contributed by atoms with van der Waals surface area (Å²) in [4.78, 5) is 22.0. The molecule has 0 aliphatic rings. The number of amides is 1. The summed E-state index contributed by atoms with van der Waals surface area (Å²) in [5, 5.41) is 13.5. The van der Waals surface area contributed by atoms with Crippen LogP contribution in [-0.2, 0) is 11.2 Å². The zero-order valence-electron chi connectivity index (χ0n) is 13.6. The number of hydrogen-bond donors (Lipinski definition) is 1. The number of nitrogens with one attached hydrogen (secondary N) is 1. The van der Waals surface area contributed by atoms with Gasteiger partial charge in [0.15, 0.2) is 0 Å². The summed E-state index contributed by atoms with van der Waals surface area (Å²) < 4.78 is 0. The molecule has 0 saturated carbocycles. The van der Waals surface area contributed by atoms with Gasteiger partial charge >= 0.3 is 0 Å². The Morgan fingerprint density at radius 2 is 2.00 bits per heavy atom. The van der Waals surface area contributed by atoms with Gasteiger partial charge < -0.3 is 5.32 Å². The molecule has 2 aromatic rings. The molecule has 0 saturated heterocycles. The maximum Gasteiger partial charge on any atom is 0.270 e. The van der Waals surface area contributed by atoms with Gasteiger partial charge in [-0.3, -0.25) is 14.9 Å². The maximum atomic E-state index is 11.8. The van der Waals surface area contributed by atoms with Crippen molar-refractivity contribution in [2.24, 2.45) is 0 Å². The minimum absolute atomic E-state index is 0.00992. The van der Waals surface area contributed by atoms with Crippen molar-refractivity contribution in [2.75, 3.05) is 6.54 Å². The number of aryl methyl sites for hydroxylation is 2. The molecule has 0 aliphatic heterocycles. The van der Waals surface area contributed by atoms with Crippen LogP contribution < -0.4 is 5.32 Å². The molecular formula is C19H20N2O3. The highest BCUT2D eigenvalue weighted by molar-refractivity contribution is 5.91. The molecule has 0 heterocycles. The van der Waals surface area contributed by atoms with Crippen LogP contribution in [0.3, 0.4) is 0 Å². The van der Waals surface area contributed by atoms with Crippen molar-refractivity contribution in [2.45, 2.75) is 19.8 Å². The Morgan fingerprint density at radius 3 is 2.75 bits per heavy atom. The van der Waals surface area contributed by atoms with Crippen LogP contribution in [0, 0.1) is 17.0 Å². The van der Waals surface area contributed by atoms with Crippen LogP contribution in [0.15, 0.2) is 54.6 Å². The van der Waals surface area contributed by atoms with Gasteiger partial charge in [0.1, 0.15) is 0 Å². The van der Waals surface area contributed by atoms with E-state index in [2.05, 4.69) is 30.4 Å². The molecule has 0 bridgehead atoms. The predicted molar refractivity (Wildman–Crippen MR) is 94.6 cm³/mol. The summed E-state index contributed by atoms with van der Waals surface area (Å²) in [5.74, 6) is -0.203. The fourth-order valence-electron chi connectivity index (χ4n) is 2.34. The number of rotatable bonds is 7. The lowest BCUT2D eigenvalue weighted by Crippen LogP contribution is -2.22. The Balaban J connectivity index is 1.77. The summed E-state index contributed by atoms with van der Waals surface area (Å²) in [6, 6.07) is 14.5. The number of carbonyl (C=O) groups is 1. The number of nitro benzene ring substituents is 1. The van der Waals surface area contributed by atoms with E-state index < -0.39 is 4.92 Å². The van der Waals surface area contributed by atoms with Gasteiger partial charge in [0.2, 0.25) is 5.91 Å². The molecular weight excluding hydrogens is 304 g/mol. The Bertz CT molecular complexity index is 754. The zero-order valence-corrected chi connectivity index (χ0v) is 13.6. The molecule has 1 N–H and O–H groups in total. The van der Waals surface area contributed by atoms with E-state index in [9.17, 15) is 14.9 Å². The minimum atomic E-state index is -0.456. The van der Waals surface area contributed by atoms with Crippen LogP contribution in [0.4, 0.5) is 5.69 Å². The molecule has 24 heavy (non-hydrogen) atoms. The fourth-order valence-corrected chi connectivity index (χ4v) is 2.34. The van der Waals surface area contributed by atoms with Gasteiger partial charge in [-0.1, -0.05) is 42.0 Å². The Morgan fingerprint density at radius 1 is 1.21 bits per heavy atom. The van der Waals surface area contributed by atoms with Crippen LogP contribution in [0.5, 0.6) is 0 Å². The van der Waals surface area contributed by atoms with E-state index in [4.69, 9.17) is 0 Å². The van der Waals surface area contributed by atoms with Crippen LogP contribution in [0.1, 0.15) is 23.1 Å². The highest BCUT2D eigenvalue weighted by Crippen LogP contribution is 2.14. The standard InChI is InChI=1S/C19H20N2O3/c1-15-5-2-6-16(13-15)8-4-12-20-19(22)11-10-17-7-3-9-18(14-17)21(23)24/h2-3,5-7,9-11,13-14H,4,8,12H2,1H3,(H,20,22)/b11-10+. The van der Waals surface area contributed by atoms with Crippen molar-refractivity contribution in [3.8, 4) is 0 Å². The zero-order chi connectivity index (χ0) is 17.4. The van der Waals surface area contributed by atoms with Crippen LogP contribution in [-0.4, -0.2) is 17.4 Å². The molecule has 0 radical (unpaired) electrons. The number of hydrogen-bond acceptors (Lipinski definition) is 3. The second-order valence-electron chi connectivity index (χ2n) is 5.57. The first-order valence-corrected chi connectivity index (χ1v) is 7.80. The Kier molecular flexibility index (Phi) is 6.25. The molecule has 2 rings (SSSR count). The van der Waals surface area contributed by atoms with Gasteiger partial charge in [0.25, 0.3) is 5.69 Å². The van der Waals surface area contributed by atoms with Crippen molar-refractivity contribution in [1.29, 1.82) is 0 Å². The van der Waals surface area contributed by atoms with Gasteiger partial charge in [-0.05, 0) is 37.0 Å². The molecule has 5 nitrogen and oxygen atoms in total. The number of carbonyl (C=O) groups excluding carboxylic acids is 1. The molecule has 1 amide bonds. The molecule has 0 spiro atoms. The summed E-state index contributed by atoms with van der Waals surface area (Å²) >= 11 is 0. The lowest BCUT2D eigenvalue weighted by molar-refractivity contribution is -0.384. The van der Waals surface area contributed by atoms with Gasteiger partial charge in [0, 0.05) is 24.8 Å². The van der Waals surface area contributed by atoms with Crippen molar-refractivity contribution >= 4 is 17.7 Å². The Hall–Kier alpha value is -2.95. The van der Waals surface area contributed by atoms with E-state index >= 15 is 0 Å². The smallest absolute Gasteiger partial charge is 0.270 e. The van der Waals surface area contributed by atoms with E-state index in [-0.39, 0.29) is 11.6 Å². The van der Waals surface area contributed by atoms with Crippen molar-refractivity contribution < 1.29 is 9.72 Å². The second-order valence-corrected chi connectivity index (χ2v) is 5.57. The molecule has 124 valence electrons. The fraction of sp³-hybridized carbons (Fsp3) is 0.211. The normalized spacial score (nSPS) is 10.7. The third-order valence-corrected chi connectivity index (χ3v) is 3.53. The summed E-state index contributed by atoms with van der Waals surface area (Å²) in [7, 11) is 0. The van der Waals surface area contributed by atoms with Gasteiger partial charge in [-0.15, -0.1) is 0 Å². The highest BCUT2D eigenvalue weighted by Gasteiger charge is 2.04. The third-order valence-electron chi connectivity index (χ3n) is 3.53. The van der Waals surface area contributed by atoms with E-state index in [1.807, 2.05) is 6.07 Å². The summed E-state index contributed by atoms with van der Waals surface area (Å²) in [5.41, 5.74) is 3.13. The second kappa shape index (κ2) is 8.62. The van der Waals surface area contributed by atoms with E-state index in [0.29, 0.717) is 12.1 Å². The minimum Gasteiger partial charge on any atom is -0.353 e. The molecule has 0 unspecified atom stereocenters. The SMILES string of the molecule is Cc1cccc(CCCNC(=O)/C=C/c2cccc([N+](=O)[O-])c2)c1. The Labute approximate surface area is 141 Å². The van der Waals surface area contributed by atoms with E-state index in [1.54, 1.807) is 18.2 Å². The van der Waals surface area contributed by atoms with Crippen molar-refractivity contribution in [3.63, 3.8) is 0 Å². The lowest BCUT2D eigenvalue weighted by Gasteiger charge is -2.04. The molecule has 5 heteroatoms. The molecule has 0 aliphatic carbocycles. The van der Waals surface area contributed by atoms with E-state index in [0.717, 1.165) is 12.8 Å². The van der Waals surface area contributed by atoms with Gasteiger partial charge in [0.05, 0.1) is 4.92 Å². The molecule has 0 atom stereocenters. The number of benzene rings is 2. The molecule has 2 aromatic carbocycles. The van der Waals surface area contributed by atoms with Gasteiger partial charge in [-0.25, -0.2) is 0 Å². The monoisotopic (exact) mass is 324 g/mol.